The maximum Gasteiger partial charge on any atom is 0.251 e. The first-order valence-electron chi connectivity index (χ1n) is 8.02. The quantitative estimate of drug-likeness (QED) is 0.587. The third-order valence-electron chi connectivity index (χ3n) is 3.74. The molecule has 0 spiro atoms. The summed E-state index contributed by atoms with van der Waals surface area (Å²) in [5.74, 6) is -0.520. The van der Waals surface area contributed by atoms with E-state index in [0.29, 0.717) is 17.3 Å². The van der Waals surface area contributed by atoms with Crippen LogP contribution in [0.3, 0.4) is 0 Å². The number of rotatable bonds is 5. The van der Waals surface area contributed by atoms with Gasteiger partial charge in [0.1, 0.15) is 5.82 Å². The smallest absolute Gasteiger partial charge is 0.251 e. The summed E-state index contributed by atoms with van der Waals surface area (Å²) < 4.78 is 13.0. The van der Waals surface area contributed by atoms with Crippen molar-refractivity contribution >= 4 is 29.3 Å². The Bertz CT molecular complexity index is 894. The number of pyridine rings is 1. The molecular weight excluding hydrogens is 351 g/mol. The number of carbonyl (C=O) groups excluding carboxylic acids is 1. The molecule has 3 aromatic rings. The number of aromatic nitrogens is 1. The Morgan fingerprint density at radius 2 is 1.77 bits per heavy atom. The van der Waals surface area contributed by atoms with E-state index < -0.39 is 0 Å². The van der Waals surface area contributed by atoms with Crippen LogP contribution < -0.4 is 4.90 Å². The Kier molecular flexibility index (Phi) is 5.77. The zero-order valence-electron chi connectivity index (χ0n) is 13.8. The second-order valence-electron chi connectivity index (χ2n) is 5.61. The molecule has 3 rings (SSSR count). The SMILES string of the molecule is O=C(/C=C/c1ccc(F)cc1)N(Cc1ccccn1)c1ccc(Cl)cc1. The zero-order chi connectivity index (χ0) is 18.4. The highest BCUT2D eigenvalue weighted by molar-refractivity contribution is 6.30. The normalized spacial score (nSPS) is 10.8. The van der Waals surface area contributed by atoms with Crippen molar-refractivity contribution in [3.8, 4) is 0 Å². The van der Waals surface area contributed by atoms with Gasteiger partial charge >= 0.3 is 0 Å². The van der Waals surface area contributed by atoms with Gasteiger partial charge in [-0.25, -0.2) is 4.39 Å². The summed E-state index contributed by atoms with van der Waals surface area (Å²) in [6.45, 7) is 0.328. The second kappa shape index (κ2) is 8.41. The number of halogens is 2. The molecule has 0 aliphatic rings. The number of hydrogen-bond acceptors (Lipinski definition) is 2. The van der Waals surface area contributed by atoms with Crippen LogP contribution in [0, 0.1) is 5.82 Å². The van der Waals surface area contributed by atoms with Crippen molar-refractivity contribution in [1.29, 1.82) is 0 Å². The first-order chi connectivity index (χ1) is 12.6. The third kappa shape index (κ3) is 4.77. The fourth-order valence-corrected chi connectivity index (χ4v) is 2.53. The molecule has 0 fully saturated rings. The number of nitrogens with zero attached hydrogens (tertiary/aromatic N) is 2. The van der Waals surface area contributed by atoms with Crippen molar-refractivity contribution in [3.05, 3.63) is 101 Å². The summed E-state index contributed by atoms with van der Waals surface area (Å²) in [5.41, 5.74) is 2.23. The Morgan fingerprint density at radius 3 is 2.42 bits per heavy atom. The topological polar surface area (TPSA) is 33.2 Å². The molecule has 1 amide bonds. The van der Waals surface area contributed by atoms with E-state index in [1.807, 2.05) is 18.2 Å². The summed E-state index contributed by atoms with van der Waals surface area (Å²) >= 11 is 5.95. The van der Waals surface area contributed by atoms with Gasteiger partial charge in [0, 0.05) is 23.0 Å². The van der Waals surface area contributed by atoms with Crippen LogP contribution in [0.5, 0.6) is 0 Å². The van der Waals surface area contributed by atoms with E-state index in [0.717, 1.165) is 11.3 Å². The van der Waals surface area contributed by atoms with Crippen LogP contribution in [0.15, 0.2) is 79.0 Å². The molecule has 5 heteroatoms. The van der Waals surface area contributed by atoms with Crippen LogP contribution in [0.2, 0.25) is 5.02 Å². The molecule has 0 saturated heterocycles. The van der Waals surface area contributed by atoms with Gasteiger partial charge in [0.2, 0.25) is 0 Å². The molecule has 0 aliphatic carbocycles. The number of hydrogen-bond donors (Lipinski definition) is 0. The minimum absolute atomic E-state index is 0.206. The van der Waals surface area contributed by atoms with E-state index in [2.05, 4.69) is 4.98 Å². The largest absolute Gasteiger partial charge is 0.303 e. The maximum atomic E-state index is 13.0. The van der Waals surface area contributed by atoms with Crippen molar-refractivity contribution in [3.63, 3.8) is 0 Å². The molecule has 0 bridgehead atoms. The number of amides is 1. The average molecular weight is 367 g/mol. The van der Waals surface area contributed by atoms with Crippen LogP contribution in [0.4, 0.5) is 10.1 Å². The highest BCUT2D eigenvalue weighted by Crippen LogP contribution is 2.20. The van der Waals surface area contributed by atoms with Gasteiger partial charge in [0.05, 0.1) is 12.2 Å². The molecule has 26 heavy (non-hydrogen) atoms. The average Bonchev–Trinajstić information content (AvgIpc) is 2.67. The minimum atomic E-state index is -0.314. The monoisotopic (exact) mass is 366 g/mol. The summed E-state index contributed by atoms with van der Waals surface area (Å²) in [7, 11) is 0. The highest BCUT2D eigenvalue weighted by atomic mass is 35.5. The van der Waals surface area contributed by atoms with Gasteiger partial charge in [0.25, 0.3) is 5.91 Å². The first kappa shape index (κ1) is 17.8. The molecule has 1 aromatic heterocycles. The molecule has 0 saturated carbocycles. The Balaban J connectivity index is 1.85. The highest BCUT2D eigenvalue weighted by Gasteiger charge is 2.14. The van der Waals surface area contributed by atoms with Gasteiger partial charge in [-0.3, -0.25) is 9.78 Å². The van der Waals surface area contributed by atoms with Crippen molar-refractivity contribution in [1.82, 2.24) is 4.98 Å². The molecule has 130 valence electrons. The van der Waals surface area contributed by atoms with Gasteiger partial charge < -0.3 is 4.90 Å². The van der Waals surface area contributed by atoms with Crippen LogP contribution in [-0.4, -0.2) is 10.9 Å². The lowest BCUT2D eigenvalue weighted by molar-refractivity contribution is -0.114. The van der Waals surface area contributed by atoms with E-state index in [4.69, 9.17) is 11.6 Å². The maximum absolute atomic E-state index is 13.0. The predicted molar refractivity (Wildman–Crippen MR) is 102 cm³/mol. The second-order valence-corrected chi connectivity index (χ2v) is 6.04. The predicted octanol–water partition coefficient (Wildman–Crippen LogP) is 5.12. The molecule has 0 atom stereocenters. The standard InChI is InChI=1S/C21H16ClFN2O/c22-17-7-11-20(12-8-17)25(15-19-3-1-2-14-24-19)21(26)13-6-16-4-9-18(23)10-5-16/h1-14H,15H2/b13-6+. The third-order valence-corrected chi connectivity index (χ3v) is 3.99. The van der Waals surface area contributed by atoms with Crippen molar-refractivity contribution in [2.45, 2.75) is 6.54 Å². The molecule has 0 aliphatic heterocycles. The Labute approximate surface area is 156 Å². The summed E-state index contributed by atoms with van der Waals surface area (Å²) in [5, 5.41) is 0.598. The van der Waals surface area contributed by atoms with Gasteiger partial charge in [-0.1, -0.05) is 29.8 Å². The number of benzene rings is 2. The van der Waals surface area contributed by atoms with Crippen LogP contribution in [0.1, 0.15) is 11.3 Å². The van der Waals surface area contributed by atoms with Gasteiger partial charge in [-0.05, 0) is 60.2 Å². The summed E-state index contributed by atoms with van der Waals surface area (Å²) in [6.07, 6.45) is 4.81. The lowest BCUT2D eigenvalue weighted by Gasteiger charge is -2.21. The van der Waals surface area contributed by atoms with E-state index >= 15 is 0 Å². The fraction of sp³-hybridized carbons (Fsp3) is 0.0476. The number of anilines is 1. The van der Waals surface area contributed by atoms with Crippen LogP contribution in [-0.2, 0) is 11.3 Å². The molecular formula is C21H16ClFN2O. The lowest BCUT2D eigenvalue weighted by atomic mass is 10.2. The van der Waals surface area contributed by atoms with Crippen LogP contribution >= 0.6 is 11.6 Å². The molecule has 2 aromatic carbocycles. The molecule has 1 heterocycles. The Morgan fingerprint density at radius 1 is 1.04 bits per heavy atom. The molecule has 3 nitrogen and oxygen atoms in total. The zero-order valence-corrected chi connectivity index (χ0v) is 14.6. The van der Waals surface area contributed by atoms with E-state index in [1.54, 1.807) is 53.6 Å². The van der Waals surface area contributed by atoms with E-state index in [9.17, 15) is 9.18 Å². The van der Waals surface area contributed by atoms with Gasteiger partial charge in [0.15, 0.2) is 0 Å². The van der Waals surface area contributed by atoms with Crippen molar-refractivity contribution in [2.75, 3.05) is 4.90 Å². The molecule has 0 N–H and O–H groups in total. The Hall–Kier alpha value is -2.98. The van der Waals surface area contributed by atoms with E-state index in [1.165, 1.54) is 18.2 Å². The first-order valence-corrected chi connectivity index (χ1v) is 8.40. The van der Waals surface area contributed by atoms with Gasteiger partial charge in [-0.2, -0.15) is 0 Å². The lowest BCUT2D eigenvalue weighted by Crippen LogP contribution is -2.29. The summed E-state index contributed by atoms with van der Waals surface area (Å²) in [4.78, 5) is 18.7. The number of carbonyl (C=O) groups is 1. The summed E-state index contributed by atoms with van der Waals surface area (Å²) in [6, 6.07) is 18.6. The van der Waals surface area contributed by atoms with Crippen LogP contribution in [0.25, 0.3) is 6.08 Å². The van der Waals surface area contributed by atoms with Crippen molar-refractivity contribution in [2.24, 2.45) is 0 Å². The fourth-order valence-electron chi connectivity index (χ4n) is 2.40. The van der Waals surface area contributed by atoms with Crippen molar-refractivity contribution < 1.29 is 9.18 Å². The molecule has 0 unspecified atom stereocenters. The van der Waals surface area contributed by atoms with Gasteiger partial charge in [-0.15, -0.1) is 0 Å². The van der Waals surface area contributed by atoms with E-state index in [-0.39, 0.29) is 11.7 Å². The minimum Gasteiger partial charge on any atom is -0.303 e. The molecule has 0 radical (unpaired) electrons.